The van der Waals surface area contributed by atoms with E-state index in [1.165, 1.54) is 5.56 Å². The molecule has 4 nitrogen and oxygen atoms in total. The van der Waals surface area contributed by atoms with E-state index in [2.05, 4.69) is 9.55 Å². The predicted molar refractivity (Wildman–Crippen MR) is 99.9 cm³/mol. The summed E-state index contributed by atoms with van der Waals surface area (Å²) in [6.45, 7) is 5.84. The molecular formula is C18H20Cl2N2O2. The molecule has 0 radical (unpaired) electrons. The Kier molecular flexibility index (Phi) is 6.35. The van der Waals surface area contributed by atoms with E-state index in [9.17, 15) is 0 Å². The topological polar surface area (TPSA) is 36.3 Å². The lowest BCUT2D eigenvalue weighted by Gasteiger charge is -2.12. The van der Waals surface area contributed by atoms with Gasteiger partial charge < -0.3 is 14.0 Å². The SMILES string of the molecule is CCOc1cc2ncn(Cc3ccc(Cl)cc3)c2cc1OCC.Cl. The third kappa shape index (κ3) is 3.94. The molecule has 1 heterocycles. The smallest absolute Gasteiger partial charge is 0.163 e. The summed E-state index contributed by atoms with van der Waals surface area (Å²) in [5.41, 5.74) is 3.08. The first-order chi connectivity index (χ1) is 11.2. The van der Waals surface area contributed by atoms with Gasteiger partial charge in [-0.05, 0) is 31.5 Å². The Bertz CT molecular complexity index is 801. The van der Waals surface area contributed by atoms with Crippen LogP contribution in [0.3, 0.4) is 0 Å². The lowest BCUT2D eigenvalue weighted by Crippen LogP contribution is -2.00. The van der Waals surface area contributed by atoms with Crippen molar-refractivity contribution < 1.29 is 9.47 Å². The molecule has 0 fully saturated rings. The zero-order valence-corrected chi connectivity index (χ0v) is 15.2. The first-order valence-corrected chi connectivity index (χ1v) is 8.08. The lowest BCUT2D eigenvalue weighted by molar-refractivity contribution is 0.288. The van der Waals surface area contributed by atoms with Crippen LogP contribution in [0.25, 0.3) is 11.0 Å². The van der Waals surface area contributed by atoms with Crippen molar-refractivity contribution in [2.75, 3.05) is 13.2 Å². The van der Waals surface area contributed by atoms with Gasteiger partial charge in [0.05, 0.1) is 30.6 Å². The Hall–Kier alpha value is -1.91. The molecule has 6 heteroatoms. The summed E-state index contributed by atoms with van der Waals surface area (Å²) in [6.07, 6.45) is 1.84. The number of rotatable bonds is 6. The van der Waals surface area contributed by atoms with Crippen molar-refractivity contribution in [1.82, 2.24) is 9.55 Å². The molecular weight excluding hydrogens is 347 g/mol. The molecule has 0 amide bonds. The minimum atomic E-state index is 0. The minimum absolute atomic E-state index is 0. The lowest BCUT2D eigenvalue weighted by atomic mass is 10.2. The van der Waals surface area contributed by atoms with E-state index in [4.69, 9.17) is 21.1 Å². The van der Waals surface area contributed by atoms with Crippen LogP contribution >= 0.6 is 24.0 Å². The molecule has 0 aliphatic rings. The largest absolute Gasteiger partial charge is 0.490 e. The molecule has 2 aromatic carbocycles. The van der Waals surface area contributed by atoms with Crippen molar-refractivity contribution in [2.45, 2.75) is 20.4 Å². The van der Waals surface area contributed by atoms with Gasteiger partial charge in [-0.1, -0.05) is 23.7 Å². The number of ether oxygens (including phenoxy) is 2. The maximum absolute atomic E-state index is 5.94. The molecule has 0 N–H and O–H groups in total. The van der Waals surface area contributed by atoms with Crippen LogP contribution in [0.4, 0.5) is 0 Å². The third-order valence-corrected chi connectivity index (χ3v) is 3.80. The van der Waals surface area contributed by atoms with Gasteiger partial charge in [0.2, 0.25) is 0 Å². The molecule has 1 aromatic heterocycles. The molecule has 24 heavy (non-hydrogen) atoms. The third-order valence-electron chi connectivity index (χ3n) is 3.55. The first kappa shape index (κ1) is 18.4. The van der Waals surface area contributed by atoms with Crippen molar-refractivity contribution in [3.05, 3.63) is 53.3 Å². The number of nitrogens with zero attached hydrogens (tertiary/aromatic N) is 2. The minimum Gasteiger partial charge on any atom is -0.490 e. The monoisotopic (exact) mass is 366 g/mol. The average molecular weight is 367 g/mol. The van der Waals surface area contributed by atoms with E-state index >= 15 is 0 Å². The molecule has 0 unspecified atom stereocenters. The van der Waals surface area contributed by atoms with Gasteiger partial charge in [-0.15, -0.1) is 12.4 Å². The number of hydrogen-bond donors (Lipinski definition) is 0. The van der Waals surface area contributed by atoms with Gasteiger partial charge in [0, 0.05) is 23.7 Å². The van der Waals surface area contributed by atoms with Crippen LogP contribution in [0, 0.1) is 0 Å². The van der Waals surface area contributed by atoms with E-state index in [1.807, 2.05) is 56.6 Å². The molecule has 3 aromatic rings. The maximum Gasteiger partial charge on any atom is 0.163 e. The standard InChI is InChI=1S/C18H19ClN2O2.ClH/c1-3-22-17-9-15-16(10-18(17)23-4-2)21(12-20-15)11-13-5-7-14(19)8-6-13;/h5-10,12H,3-4,11H2,1-2H3;1H. The van der Waals surface area contributed by atoms with E-state index in [1.54, 1.807) is 0 Å². The van der Waals surface area contributed by atoms with Gasteiger partial charge in [0.1, 0.15) is 0 Å². The van der Waals surface area contributed by atoms with Gasteiger partial charge in [-0.25, -0.2) is 4.98 Å². The summed E-state index contributed by atoms with van der Waals surface area (Å²) in [7, 11) is 0. The highest BCUT2D eigenvalue weighted by atomic mass is 35.5. The molecule has 0 aliphatic heterocycles. The molecule has 0 spiro atoms. The highest BCUT2D eigenvalue weighted by Crippen LogP contribution is 2.32. The summed E-state index contributed by atoms with van der Waals surface area (Å²) in [5.74, 6) is 1.48. The van der Waals surface area contributed by atoms with Crippen LogP contribution in [-0.4, -0.2) is 22.8 Å². The summed E-state index contributed by atoms with van der Waals surface area (Å²) < 4.78 is 13.4. The van der Waals surface area contributed by atoms with Gasteiger partial charge in [0.15, 0.2) is 11.5 Å². The molecule has 0 atom stereocenters. The van der Waals surface area contributed by atoms with Crippen molar-refractivity contribution >= 4 is 35.0 Å². The zero-order valence-electron chi connectivity index (χ0n) is 13.7. The van der Waals surface area contributed by atoms with Crippen molar-refractivity contribution in [2.24, 2.45) is 0 Å². The number of hydrogen-bond acceptors (Lipinski definition) is 3. The van der Waals surface area contributed by atoms with Gasteiger partial charge >= 0.3 is 0 Å². The van der Waals surface area contributed by atoms with Gasteiger partial charge in [0.25, 0.3) is 0 Å². The van der Waals surface area contributed by atoms with Crippen LogP contribution in [0.15, 0.2) is 42.7 Å². The number of halogens is 2. The Labute approximate surface area is 152 Å². The second kappa shape index (κ2) is 8.27. The summed E-state index contributed by atoms with van der Waals surface area (Å²) in [5, 5.41) is 0.740. The summed E-state index contributed by atoms with van der Waals surface area (Å²) in [4.78, 5) is 4.48. The quantitative estimate of drug-likeness (QED) is 0.618. The molecule has 0 aliphatic carbocycles. The average Bonchev–Trinajstić information content (AvgIpc) is 2.92. The Morgan fingerprint density at radius 1 is 1.00 bits per heavy atom. The zero-order chi connectivity index (χ0) is 16.2. The van der Waals surface area contributed by atoms with Crippen LogP contribution in [-0.2, 0) is 6.54 Å². The van der Waals surface area contributed by atoms with Crippen LogP contribution in [0.5, 0.6) is 11.5 Å². The van der Waals surface area contributed by atoms with E-state index in [0.29, 0.717) is 13.2 Å². The maximum atomic E-state index is 5.94. The van der Waals surface area contributed by atoms with E-state index < -0.39 is 0 Å². The first-order valence-electron chi connectivity index (χ1n) is 7.70. The second-order valence-corrected chi connectivity index (χ2v) is 5.59. The summed E-state index contributed by atoms with van der Waals surface area (Å²) >= 11 is 5.94. The van der Waals surface area contributed by atoms with Crippen molar-refractivity contribution in [3.63, 3.8) is 0 Å². The van der Waals surface area contributed by atoms with Crippen LogP contribution in [0.2, 0.25) is 5.02 Å². The number of imidazole rings is 1. The van der Waals surface area contributed by atoms with Gasteiger partial charge in [-0.3, -0.25) is 0 Å². The van der Waals surface area contributed by atoms with E-state index in [0.717, 1.165) is 34.1 Å². The molecule has 3 rings (SSSR count). The highest BCUT2D eigenvalue weighted by Gasteiger charge is 2.11. The van der Waals surface area contributed by atoms with Crippen molar-refractivity contribution in [1.29, 1.82) is 0 Å². The Morgan fingerprint density at radius 3 is 2.25 bits per heavy atom. The number of fused-ring (bicyclic) bond motifs is 1. The number of benzene rings is 2. The van der Waals surface area contributed by atoms with Gasteiger partial charge in [-0.2, -0.15) is 0 Å². The molecule has 0 saturated heterocycles. The molecule has 128 valence electrons. The fourth-order valence-electron chi connectivity index (χ4n) is 2.52. The Balaban J connectivity index is 0.00000208. The molecule has 0 saturated carbocycles. The molecule has 0 bridgehead atoms. The fourth-order valence-corrected chi connectivity index (χ4v) is 2.64. The van der Waals surface area contributed by atoms with Crippen molar-refractivity contribution in [3.8, 4) is 11.5 Å². The van der Waals surface area contributed by atoms with Crippen LogP contribution < -0.4 is 9.47 Å². The van der Waals surface area contributed by atoms with E-state index in [-0.39, 0.29) is 12.4 Å². The summed E-state index contributed by atoms with van der Waals surface area (Å²) in [6, 6.07) is 11.8. The Morgan fingerprint density at radius 2 is 1.62 bits per heavy atom. The fraction of sp³-hybridized carbons (Fsp3) is 0.278. The van der Waals surface area contributed by atoms with Crippen LogP contribution in [0.1, 0.15) is 19.4 Å². The number of aromatic nitrogens is 2. The second-order valence-electron chi connectivity index (χ2n) is 5.15. The predicted octanol–water partition coefficient (Wildman–Crippen LogP) is 4.96. The normalized spacial score (nSPS) is 10.5. The highest BCUT2D eigenvalue weighted by molar-refractivity contribution is 6.30.